The van der Waals surface area contributed by atoms with Crippen LogP contribution in [0.25, 0.3) is 10.8 Å². The van der Waals surface area contributed by atoms with Crippen LogP contribution < -0.4 is 10.6 Å². The zero-order chi connectivity index (χ0) is 32.4. The molecule has 2 aliphatic rings. The molecule has 0 bridgehead atoms. The molecule has 2 saturated heterocycles. The van der Waals surface area contributed by atoms with Crippen molar-refractivity contribution in [1.29, 1.82) is 0 Å². The Bertz CT molecular complexity index is 1710. The summed E-state index contributed by atoms with van der Waals surface area (Å²) in [5.41, 5.74) is 5.50. The number of hydrogen-bond acceptors (Lipinski definition) is 7. The molecule has 4 aromatic rings. The molecule has 2 aliphatic heterocycles. The van der Waals surface area contributed by atoms with Crippen molar-refractivity contribution in [3.63, 3.8) is 0 Å². The van der Waals surface area contributed by atoms with Crippen LogP contribution in [-0.2, 0) is 14.4 Å². The Kier molecular flexibility index (Phi) is 8.69. The summed E-state index contributed by atoms with van der Waals surface area (Å²) in [5, 5.41) is 3.81. The van der Waals surface area contributed by atoms with Gasteiger partial charge in [0.1, 0.15) is 6.54 Å². The number of carbonyl (C=O) groups excluding carboxylic acids is 3. The fourth-order valence-electron chi connectivity index (χ4n) is 6.71. The third kappa shape index (κ3) is 6.41. The third-order valence-corrected chi connectivity index (χ3v) is 8.94. The van der Waals surface area contributed by atoms with Crippen molar-refractivity contribution in [2.45, 2.75) is 45.2 Å². The van der Waals surface area contributed by atoms with E-state index < -0.39 is 5.54 Å². The lowest BCUT2D eigenvalue weighted by atomic mass is 9.89. The van der Waals surface area contributed by atoms with Gasteiger partial charge in [0.25, 0.3) is 5.91 Å². The Labute approximate surface area is 269 Å². The van der Waals surface area contributed by atoms with Crippen LogP contribution >= 0.6 is 0 Å². The molecule has 2 fully saturated rings. The average molecular weight is 621 g/mol. The SMILES string of the molecule is C[C@H](c1cccc2ccccc12)N(C(=O)OC[C@H]1CN(C(=O)c2ccc(N3CC(=O)ON3)cc2)C[C@@H]1c1ccccc1)C(C)(C)C. The van der Waals surface area contributed by atoms with Crippen molar-refractivity contribution < 1.29 is 24.0 Å². The minimum atomic E-state index is -0.500. The van der Waals surface area contributed by atoms with Crippen molar-refractivity contribution in [3.05, 3.63) is 114 Å². The van der Waals surface area contributed by atoms with Gasteiger partial charge in [0, 0.05) is 36.0 Å². The zero-order valence-electron chi connectivity index (χ0n) is 26.7. The van der Waals surface area contributed by atoms with Crippen LogP contribution in [0, 0.1) is 5.92 Å². The molecule has 46 heavy (non-hydrogen) atoms. The second-order valence-corrected chi connectivity index (χ2v) is 13.0. The second kappa shape index (κ2) is 12.8. The van der Waals surface area contributed by atoms with Gasteiger partial charge in [0.15, 0.2) is 0 Å². The summed E-state index contributed by atoms with van der Waals surface area (Å²) in [6.07, 6.45) is -0.377. The summed E-state index contributed by atoms with van der Waals surface area (Å²) in [4.78, 5) is 47.5. The number of benzene rings is 4. The normalized spacial score (nSPS) is 18.8. The summed E-state index contributed by atoms with van der Waals surface area (Å²) < 4.78 is 6.13. The summed E-state index contributed by atoms with van der Waals surface area (Å²) in [7, 11) is 0. The molecule has 1 N–H and O–H groups in total. The van der Waals surface area contributed by atoms with Gasteiger partial charge in [-0.25, -0.2) is 9.59 Å². The van der Waals surface area contributed by atoms with Gasteiger partial charge >= 0.3 is 12.1 Å². The Morgan fingerprint density at radius 3 is 2.33 bits per heavy atom. The van der Waals surface area contributed by atoms with E-state index in [4.69, 9.17) is 9.57 Å². The number of hydrazine groups is 1. The molecule has 0 unspecified atom stereocenters. The first-order valence-corrected chi connectivity index (χ1v) is 15.7. The first-order valence-electron chi connectivity index (χ1n) is 15.7. The van der Waals surface area contributed by atoms with Gasteiger partial charge in [0.2, 0.25) is 0 Å². The van der Waals surface area contributed by atoms with Gasteiger partial charge in [-0.2, -0.15) is 0 Å². The van der Waals surface area contributed by atoms with E-state index in [0.29, 0.717) is 18.7 Å². The Morgan fingerprint density at radius 1 is 0.935 bits per heavy atom. The Hall–Kier alpha value is -4.89. The van der Waals surface area contributed by atoms with E-state index in [1.807, 2.05) is 73.9 Å². The van der Waals surface area contributed by atoms with Gasteiger partial charge in [-0.05, 0) is 73.9 Å². The summed E-state index contributed by atoms with van der Waals surface area (Å²) >= 11 is 0. The number of ether oxygens (including phenoxy) is 1. The predicted octanol–water partition coefficient (Wildman–Crippen LogP) is 6.48. The molecule has 0 radical (unpaired) electrons. The zero-order valence-corrected chi connectivity index (χ0v) is 26.7. The predicted molar refractivity (Wildman–Crippen MR) is 177 cm³/mol. The van der Waals surface area contributed by atoms with E-state index in [9.17, 15) is 14.4 Å². The molecular formula is C37H40N4O5. The molecule has 0 spiro atoms. The monoisotopic (exact) mass is 620 g/mol. The van der Waals surface area contributed by atoms with Crippen LogP contribution in [0.1, 0.15) is 61.1 Å². The maximum atomic E-state index is 13.9. The summed E-state index contributed by atoms with van der Waals surface area (Å²) in [6, 6.07) is 31.3. The van der Waals surface area contributed by atoms with E-state index in [1.165, 1.54) is 0 Å². The molecule has 238 valence electrons. The maximum Gasteiger partial charge on any atom is 0.410 e. The molecule has 2 heterocycles. The van der Waals surface area contributed by atoms with E-state index in [0.717, 1.165) is 27.6 Å². The van der Waals surface area contributed by atoms with Crippen LogP contribution in [0.4, 0.5) is 10.5 Å². The van der Waals surface area contributed by atoms with Crippen molar-refractivity contribution in [1.82, 2.24) is 15.4 Å². The number of rotatable bonds is 7. The number of amides is 2. The lowest BCUT2D eigenvalue weighted by Crippen LogP contribution is -2.47. The van der Waals surface area contributed by atoms with Crippen LogP contribution in [-0.4, -0.2) is 59.5 Å². The van der Waals surface area contributed by atoms with Crippen LogP contribution in [0.15, 0.2) is 97.1 Å². The highest BCUT2D eigenvalue weighted by Crippen LogP contribution is 2.36. The molecule has 0 aromatic heterocycles. The first kappa shape index (κ1) is 31.1. The van der Waals surface area contributed by atoms with Gasteiger partial charge in [-0.3, -0.25) is 14.7 Å². The molecule has 9 heteroatoms. The van der Waals surface area contributed by atoms with Crippen molar-refractivity contribution >= 4 is 34.4 Å². The van der Waals surface area contributed by atoms with E-state index in [2.05, 4.69) is 42.0 Å². The Balaban J connectivity index is 1.19. The minimum absolute atomic E-state index is 0.00719. The largest absolute Gasteiger partial charge is 0.449 e. The number of nitrogens with one attached hydrogen (secondary N) is 1. The summed E-state index contributed by atoms with van der Waals surface area (Å²) in [5.74, 6) is -0.539. The van der Waals surface area contributed by atoms with E-state index >= 15 is 0 Å². The van der Waals surface area contributed by atoms with Gasteiger partial charge in [-0.15, -0.1) is 0 Å². The molecule has 3 atom stereocenters. The van der Waals surface area contributed by atoms with Crippen LogP contribution in [0.3, 0.4) is 0 Å². The lowest BCUT2D eigenvalue weighted by Gasteiger charge is -2.40. The van der Waals surface area contributed by atoms with Gasteiger partial charge in [0.05, 0.1) is 18.3 Å². The molecule has 4 aromatic carbocycles. The highest BCUT2D eigenvalue weighted by molar-refractivity contribution is 5.95. The number of fused-ring (bicyclic) bond motifs is 1. The van der Waals surface area contributed by atoms with Crippen LogP contribution in [0.5, 0.6) is 0 Å². The van der Waals surface area contributed by atoms with Crippen molar-refractivity contribution in [2.24, 2.45) is 5.92 Å². The smallest absolute Gasteiger partial charge is 0.410 e. The molecule has 2 amide bonds. The Morgan fingerprint density at radius 2 is 1.63 bits per heavy atom. The van der Waals surface area contributed by atoms with Crippen molar-refractivity contribution in [2.75, 3.05) is 31.3 Å². The number of carbonyl (C=O) groups is 3. The topological polar surface area (TPSA) is 91.4 Å². The lowest BCUT2D eigenvalue weighted by molar-refractivity contribution is -0.142. The number of anilines is 1. The first-order chi connectivity index (χ1) is 22.1. The third-order valence-electron chi connectivity index (χ3n) is 8.94. The highest BCUT2D eigenvalue weighted by Gasteiger charge is 2.39. The van der Waals surface area contributed by atoms with Gasteiger partial charge in [-0.1, -0.05) is 78.4 Å². The molecule has 9 nitrogen and oxygen atoms in total. The molecule has 0 aliphatic carbocycles. The molecule has 6 rings (SSSR count). The standard InChI is InChI=1S/C37H40N4O5/c1-25(31-16-10-14-26-13-8-9-15-32(26)31)41(37(2,3)4)36(44)45-24-29-21-39(22-33(29)27-11-6-5-7-12-27)35(43)28-17-19-30(20-18-28)40-23-34(42)46-38-40/h5-20,25,29,33,38H,21-24H2,1-4H3/t25-,29-,33-/m1/s1. The fraction of sp³-hybridized carbons (Fsp3) is 0.324. The quantitative estimate of drug-likeness (QED) is 0.253. The van der Waals surface area contributed by atoms with Crippen LogP contribution in [0.2, 0.25) is 0 Å². The van der Waals surface area contributed by atoms with Crippen molar-refractivity contribution in [3.8, 4) is 0 Å². The number of nitrogens with zero attached hydrogens (tertiary/aromatic N) is 3. The van der Waals surface area contributed by atoms with E-state index in [1.54, 1.807) is 29.3 Å². The average Bonchev–Trinajstić information content (AvgIpc) is 3.69. The summed E-state index contributed by atoms with van der Waals surface area (Å²) in [6.45, 7) is 9.36. The fourth-order valence-corrected chi connectivity index (χ4v) is 6.71. The maximum absolute atomic E-state index is 13.9. The van der Waals surface area contributed by atoms with Gasteiger partial charge < -0.3 is 14.5 Å². The number of hydrogen-bond donors (Lipinski definition) is 1. The minimum Gasteiger partial charge on any atom is -0.449 e. The molecule has 0 saturated carbocycles. The number of likely N-dealkylation sites (tertiary alicyclic amines) is 1. The van der Waals surface area contributed by atoms with E-state index in [-0.39, 0.29) is 49.0 Å². The second-order valence-electron chi connectivity index (χ2n) is 13.0. The highest BCUT2D eigenvalue weighted by atomic mass is 16.7. The molecular weight excluding hydrogens is 580 g/mol.